The molecule has 2 aromatic heterocycles. The first-order valence-corrected chi connectivity index (χ1v) is 11.7. The van der Waals surface area contributed by atoms with Gasteiger partial charge >= 0.3 is 0 Å². The number of ketones is 1. The van der Waals surface area contributed by atoms with Crippen LogP contribution in [0.4, 0.5) is 10.2 Å². The predicted octanol–water partition coefficient (Wildman–Crippen LogP) is 5.32. The quantitative estimate of drug-likeness (QED) is 0.437. The van der Waals surface area contributed by atoms with Crippen LogP contribution in [0.1, 0.15) is 40.7 Å². The lowest BCUT2D eigenvalue weighted by atomic mass is 9.74. The van der Waals surface area contributed by atoms with Crippen molar-refractivity contribution in [3.8, 4) is 5.69 Å². The maximum Gasteiger partial charge on any atom is 0.277 e. The molecule has 2 N–H and O–H groups in total. The Balaban J connectivity index is 1.54. The zero-order valence-electron chi connectivity index (χ0n) is 17.5. The van der Waals surface area contributed by atoms with Crippen molar-refractivity contribution in [2.45, 2.75) is 24.7 Å². The van der Waals surface area contributed by atoms with Crippen LogP contribution in [0.25, 0.3) is 5.69 Å². The van der Waals surface area contributed by atoms with Gasteiger partial charge in [0.2, 0.25) is 0 Å². The normalized spacial score (nSPS) is 19.7. The number of aromatic nitrogens is 2. The second-order valence-corrected chi connectivity index (χ2v) is 9.40. The first kappa shape index (κ1) is 19.9. The van der Waals surface area contributed by atoms with Crippen molar-refractivity contribution in [1.82, 2.24) is 9.78 Å². The molecule has 0 saturated heterocycles. The molecule has 0 fully saturated rings. The standard InChI is InChI=1S/C26H20FN3O2S/c27-17-7-4-6-15(12-17)22-23-19(13-16(14-20(23)31)21-10-5-11-33-21)28-25-24(22)26(32)30(29-25)18-8-2-1-3-9-18/h1-12,16,22,28-29H,13-14H2/t16-,22+/m1/s1. The summed E-state index contributed by atoms with van der Waals surface area (Å²) in [5.74, 6) is -0.391. The van der Waals surface area contributed by atoms with Crippen LogP contribution in [-0.4, -0.2) is 15.6 Å². The summed E-state index contributed by atoms with van der Waals surface area (Å²) < 4.78 is 15.7. The summed E-state index contributed by atoms with van der Waals surface area (Å²) in [6.45, 7) is 0. The average Bonchev–Trinajstić information content (AvgIpc) is 3.47. The SMILES string of the molecule is O=C1C[C@H](c2cccs2)CC2=C1[C@H](c1cccc(F)c1)c1c([nH]n(-c3ccccc3)c1=O)N2. The third-order valence-corrected chi connectivity index (χ3v) is 7.46. The monoisotopic (exact) mass is 457 g/mol. The Labute approximate surface area is 193 Å². The molecule has 3 heterocycles. The molecular formula is C26H20FN3O2S. The molecule has 0 bridgehead atoms. The van der Waals surface area contributed by atoms with Gasteiger partial charge in [-0.2, -0.15) is 0 Å². The molecule has 1 aliphatic heterocycles. The van der Waals surface area contributed by atoms with Gasteiger partial charge in [-0.05, 0) is 47.7 Å². The number of hydrogen-bond donors (Lipinski definition) is 2. The molecule has 7 heteroatoms. The number of halogens is 1. The maximum absolute atomic E-state index is 14.2. The lowest BCUT2D eigenvalue weighted by Gasteiger charge is -2.34. The second-order valence-electron chi connectivity index (χ2n) is 8.43. The number of nitrogens with one attached hydrogen (secondary N) is 2. The molecule has 33 heavy (non-hydrogen) atoms. The number of thiophene rings is 1. The van der Waals surface area contributed by atoms with E-state index in [2.05, 4.69) is 16.5 Å². The van der Waals surface area contributed by atoms with Crippen LogP contribution in [-0.2, 0) is 4.79 Å². The summed E-state index contributed by atoms with van der Waals surface area (Å²) in [4.78, 5) is 28.2. The van der Waals surface area contributed by atoms with E-state index in [1.807, 2.05) is 41.8 Å². The zero-order chi connectivity index (χ0) is 22.5. The van der Waals surface area contributed by atoms with Gasteiger partial charge in [-0.15, -0.1) is 11.3 Å². The van der Waals surface area contributed by atoms with Crippen molar-refractivity contribution in [2.75, 3.05) is 5.32 Å². The van der Waals surface area contributed by atoms with Gasteiger partial charge < -0.3 is 5.32 Å². The van der Waals surface area contributed by atoms with Gasteiger partial charge in [-0.3, -0.25) is 14.7 Å². The molecule has 164 valence electrons. The third-order valence-electron chi connectivity index (χ3n) is 6.43. The van der Waals surface area contributed by atoms with E-state index in [9.17, 15) is 14.0 Å². The third kappa shape index (κ3) is 3.27. The maximum atomic E-state index is 14.2. The number of aromatic amines is 1. The minimum Gasteiger partial charge on any atom is -0.343 e. The van der Waals surface area contributed by atoms with Gasteiger partial charge in [0.25, 0.3) is 5.56 Å². The number of allylic oxidation sites excluding steroid dienone is 2. The fraction of sp³-hybridized carbons (Fsp3) is 0.154. The molecule has 2 aromatic carbocycles. The smallest absolute Gasteiger partial charge is 0.277 e. The van der Waals surface area contributed by atoms with E-state index in [-0.39, 0.29) is 17.3 Å². The number of fused-ring (bicyclic) bond motifs is 1. The van der Waals surface area contributed by atoms with Gasteiger partial charge in [0.1, 0.15) is 11.6 Å². The number of benzene rings is 2. The number of nitrogens with zero attached hydrogens (tertiary/aromatic N) is 1. The van der Waals surface area contributed by atoms with E-state index >= 15 is 0 Å². The average molecular weight is 458 g/mol. The van der Waals surface area contributed by atoms with E-state index in [0.717, 1.165) is 5.70 Å². The van der Waals surface area contributed by atoms with Gasteiger partial charge in [0.15, 0.2) is 5.78 Å². The Morgan fingerprint density at radius 2 is 1.82 bits per heavy atom. The van der Waals surface area contributed by atoms with Crippen molar-refractivity contribution in [2.24, 2.45) is 0 Å². The van der Waals surface area contributed by atoms with Crippen LogP contribution in [0.5, 0.6) is 0 Å². The summed E-state index contributed by atoms with van der Waals surface area (Å²) in [5, 5.41) is 8.56. The Morgan fingerprint density at radius 1 is 0.970 bits per heavy atom. The number of H-pyrrole nitrogens is 1. The van der Waals surface area contributed by atoms with Gasteiger partial charge in [0.05, 0.1) is 11.3 Å². The Kier molecular flexibility index (Phi) is 4.66. The van der Waals surface area contributed by atoms with E-state index in [1.54, 1.807) is 23.5 Å². The molecule has 0 radical (unpaired) electrons. The summed E-state index contributed by atoms with van der Waals surface area (Å²) >= 11 is 1.65. The van der Waals surface area contributed by atoms with Crippen LogP contribution in [0.2, 0.25) is 0 Å². The van der Waals surface area contributed by atoms with Crippen molar-refractivity contribution < 1.29 is 9.18 Å². The molecule has 0 saturated carbocycles. The molecule has 4 aromatic rings. The summed E-state index contributed by atoms with van der Waals surface area (Å²) in [6, 6.07) is 19.5. The lowest BCUT2D eigenvalue weighted by Crippen LogP contribution is -2.31. The fourth-order valence-electron chi connectivity index (χ4n) is 5.00. The van der Waals surface area contributed by atoms with Crippen LogP contribution in [0.3, 0.4) is 0 Å². The molecule has 0 amide bonds. The van der Waals surface area contributed by atoms with Gasteiger partial charge in [-0.25, -0.2) is 9.07 Å². The molecule has 2 aliphatic rings. The van der Waals surface area contributed by atoms with E-state index in [1.165, 1.54) is 21.7 Å². The number of anilines is 1. The first-order chi connectivity index (χ1) is 16.1. The molecule has 5 nitrogen and oxygen atoms in total. The number of carbonyl (C=O) groups is 1. The number of Topliss-reactive ketones (excluding diaryl/α,β-unsaturated/α-hetero) is 1. The molecule has 1 aliphatic carbocycles. The van der Waals surface area contributed by atoms with Gasteiger partial charge in [-0.1, -0.05) is 36.4 Å². The first-order valence-electron chi connectivity index (χ1n) is 10.8. The van der Waals surface area contributed by atoms with E-state index < -0.39 is 11.7 Å². The molecule has 6 rings (SSSR count). The molecule has 0 spiro atoms. The molecule has 2 atom stereocenters. The Morgan fingerprint density at radius 3 is 2.58 bits per heavy atom. The number of hydrogen-bond acceptors (Lipinski definition) is 4. The van der Waals surface area contributed by atoms with Gasteiger partial charge in [0, 0.05) is 34.4 Å². The Bertz CT molecular complexity index is 1450. The highest BCUT2D eigenvalue weighted by Gasteiger charge is 2.41. The van der Waals surface area contributed by atoms with Crippen LogP contribution >= 0.6 is 11.3 Å². The molecular weight excluding hydrogens is 437 g/mol. The van der Waals surface area contributed by atoms with E-state index in [4.69, 9.17) is 0 Å². The van der Waals surface area contributed by atoms with Crippen molar-refractivity contribution in [3.63, 3.8) is 0 Å². The zero-order valence-corrected chi connectivity index (χ0v) is 18.4. The molecule has 0 unspecified atom stereocenters. The summed E-state index contributed by atoms with van der Waals surface area (Å²) in [6.07, 6.45) is 1.03. The summed E-state index contributed by atoms with van der Waals surface area (Å²) in [5.41, 5.74) is 2.84. The largest absolute Gasteiger partial charge is 0.343 e. The number of carbonyl (C=O) groups excluding carboxylic acids is 1. The highest BCUT2D eigenvalue weighted by molar-refractivity contribution is 7.10. The Hall–Kier alpha value is -3.71. The van der Waals surface area contributed by atoms with Crippen molar-refractivity contribution in [3.05, 3.63) is 116 Å². The van der Waals surface area contributed by atoms with Crippen molar-refractivity contribution in [1.29, 1.82) is 0 Å². The van der Waals surface area contributed by atoms with E-state index in [0.29, 0.717) is 41.0 Å². The van der Waals surface area contributed by atoms with Crippen LogP contribution in [0.15, 0.2) is 88.2 Å². The number of rotatable bonds is 3. The minimum absolute atomic E-state index is 0.00563. The predicted molar refractivity (Wildman–Crippen MR) is 127 cm³/mol. The van der Waals surface area contributed by atoms with Crippen LogP contribution < -0.4 is 10.9 Å². The van der Waals surface area contributed by atoms with Crippen molar-refractivity contribution >= 4 is 22.9 Å². The number of para-hydroxylation sites is 1. The summed E-state index contributed by atoms with van der Waals surface area (Å²) in [7, 11) is 0. The minimum atomic E-state index is -0.627. The highest BCUT2D eigenvalue weighted by atomic mass is 32.1. The lowest BCUT2D eigenvalue weighted by molar-refractivity contribution is -0.116. The van der Waals surface area contributed by atoms with Crippen LogP contribution in [0, 0.1) is 5.82 Å². The fourth-order valence-corrected chi connectivity index (χ4v) is 5.83. The highest BCUT2D eigenvalue weighted by Crippen LogP contribution is 2.47. The topological polar surface area (TPSA) is 66.9 Å². The second kappa shape index (κ2) is 7.71.